The minimum absolute atomic E-state index is 0.0533. The van der Waals surface area contributed by atoms with E-state index in [0.29, 0.717) is 11.4 Å². The molecule has 0 spiro atoms. The van der Waals surface area contributed by atoms with Crippen LogP contribution in [0, 0.1) is 0 Å². The lowest BCUT2D eigenvalue weighted by Crippen LogP contribution is -2.30. The molecule has 1 aliphatic heterocycles. The molecule has 0 aliphatic carbocycles. The Bertz CT molecular complexity index is 1180. The highest BCUT2D eigenvalue weighted by Crippen LogP contribution is 2.33. The number of alkyl halides is 3. The van der Waals surface area contributed by atoms with Crippen LogP contribution in [0.5, 0.6) is 5.75 Å². The number of thiocarbonyl (C=S) groups is 1. The largest absolute Gasteiger partial charge is 0.573 e. The SMILES string of the molecule is CN1C(=O)C(=NNC(=S)Nc2ccc(S(N)(=O)=O)cc2)c2cc(OC(F)(F)F)ccc21. The van der Waals surface area contributed by atoms with Crippen molar-refractivity contribution < 1.29 is 31.1 Å². The minimum atomic E-state index is -4.89. The normalized spacial score (nSPS) is 15.1. The maximum atomic E-state index is 12.5. The molecule has 0 fully saturated rings. The van der Waals surface area contributed by atoms with Crippen molar-refractivity contribution in [2.45, 2.75) is 11.3 Å². The van der Waals surface area contributed by atoms with Gasteiger partial charge in [-0.3, -0.25) is 10.2 Å². The topological polar surface area (TPSA) is 126 Å². The monoisotopic (exact) mass is 473 g/mol. The lowest BCUT2D eigenvalue weighted by atomic mass is 10.1. The van der Waals surface area contributed by atoms with Gasteiger partial charge >= 0.3 is 6.36 Å². The molecule has 0 saturated carbocycles. The van der Waals surface area contributed by atoms with Crippen molar-refractivity contribution in [2.75, 3.05) is 17.3 Å². The van der Waals surface area contributed by atoms with Crippen molar-refractivity contribution in [2.24, 2.45) is 10.2 Å². The first-order valence-corrected chi connectivity index (χ1v) is 10.3. The first kappa shape index (κ1) is 22.5. The number of sulfonamides is 1. The van der Waals surface area contributed by atoms with Gasteiger partial charge in [0, 0.05) is 18.3 Å². The van der Waals surface area contributed by atoms with Crippen LogP contribution >= 0.6 is 12.2 Å². The number of likely N-dealkylation sites (N-methyl/N-ethyl adjacent to an activating group) is 1. The zero-order valence-electron chi connectivity index (χ0n) is 15.6. The van der Waals surface area contributed by atoms with E-state index in [-0.39, 0.29) is 21.3 Å². The lowest BCUT2D eigenvalue weighted by Gasteiger charge is -2.11. The van der Waals surface area contributed by atoms with Gasteiger partial charge in [-0.15, -0.1) is 13.2 Å². The van der Waals surface area contributed by atoms with Crippen LogP contribution in [0.2, 0.25) is 0 Å². The van der Waals surface area contributed by atoms with Crippen LogP contribution in [0.4, 0.5) is 24.5 Å². The summed E-state index contributed by atoms with van der Waals surface area (Å²) < 4.78 is 63.9. The molecule has 14 heteroatoms. The van der Waals surface area contributed by atoms with Crippen molar-refractivity contribution in [1.29, 1.82) is 0 Å². The van der Waals surface area contributed by atoms with Gasteiger partial charge in [0.25, 0.3) is 5.91 Å². The second kappa shape index (κ2) is 8.13. The fraction of sp³-hybridized carbons (Fsp3) is 0.118. The zero-order chi connectivity index (χ0) is 23.0. The molecule has 0 atom stereocenters. The van der Waals surface area contributed by atoms with Crippen molar-refractivity contribution in [3.63, 3.8) is 0 Å². The van der Waals surface area contributed by atoms with E-state index in [4.69, 9.17) is 17.4 Å². The molecular weight excluding hydrogens is 459 g/mol. The number of rotatable bonds is 4. The summed E-state index contributed by atoms with van der Waals surface area (Å²) in [5, 5.41) is 11.6. The number of primary sulfonamides is 1. The molecule has 0 aromatic heterocycles. The zero-order valence-corrected chi connectivity index (χ0v) is 17.2. The number of amides is 1. The van der Waals surface area contributed by atoms with Crippen LogP contribution in [-0.2, 0) is 14.8 Å². The third kappa shape index (κ3) is 5.28. The van der Waals surface area contributed by atoms with Gasteiger partial charge in [0.15, 0.2) is 10.8 Å². The Labute approximate surface area is 179 Å². The average Bonchev–Trinajstić information content (AvgIpc) is 2.88. The van der Waals surface area contributed by atoms with Gasteiger partial charge in [0.05, 0.1) is 10.6 Å². The highest BCUT2D eigenvalue weighted by atomic mass is 32.2. The van der Waals surface area contributed by atoms with E-state index in [0.717, 1.165) is 12.1 Å². The number of anilines is 2. The molecule has 4 N–H and O–H groups in total. The van der Waals surface area contributed by atoms with Crippen LogP contribution in [0.3, 0.4) is 0 Å². The number of hydrogen-bond donors (Lipinski definition) is 3. The molecule has 0 unspecified atom stereocenters. The summed E-state index contributed by atoms with van der Waals surface area (Å²) in [6, 6.07) is 8.79. The molecular formula is C17H14F3N5O4S2. The number of carbonyl (C=O) groups is 1. The van der Waals surface area contributed by atoms with Crippen molar-refractivity contribution >= 4 is 50.3 Å². The fourth-order valence-electron chi connectivity index (χ4n) is 2.68. The molecule has 2 aromatic carbocycles. The molecule has 3 rings (SSSR count). The van der Waals surface area contributed by atoms with Gasteiger partial charge in [0.2, 0.25) is 10.0 Å². The Morgan fingerprint density at radius 2 is 1.84 bits per heavy atom. The van der Waals surface area contributed by atoms with E-state index in [2.05, 4.69) is 20.6 Å². The summed E-state index contributed by atoms with van der Waals surface area (Å²) in [5.41, 5.74) is 3.14. The fourth-order valence-corrected chi connectivity index (χ4v) is 3.36. The molecule has 2 aromatic rings. The van der Waals surface area contributed by atoms with Crippen LogP contribution in [0.1, 0.15) is 5.56 Å². The molecule has 1 aliphatic rings. The number of ether oxygens (including phenoxy) is 1. The Balaban J connectivity index is 1.77. The van der Waals surface area contributed by atoms with Crippen LogP contribution in [0.25, 0.3) is 0 Å². The molecule has 0 bridgehead atoms. The van der Waals surface area contributed by atoms with Crippen molar-refractivity contribution in [3.8, 4) is 5.75 Å². The predicted molar refractivity (Wildman–Crippen MR) is 110 cm³/mol. The number of carbonyl (C=O) groups excluding carboxylic acids is 1. The number of nitrogens with zero attached hydrogens (tertiary/aromatic N) is 2. The number of nitrogens with two attached hydrogens (primary N) is 1. The standard InChI is InChI=1S/C17H14F3N5O4S2/c1-25-13-7-4-10(29-17(18,19)20)8-12(13)14(15(25)26)23-24-16(30)22-9-2-5-11(6-3-9)31(21,27)28/h2-8H,1H3,(H2,21,27,28)(H2,22,24,30). The van der Waals surface area contributed by atoms with Gasteiger partial charge in [-0.2, -0.15) is 5.10 Å². The van der Waals surface area contributed by atoms with Crippen molar-refractivity contribution in [3.05, 3.63) is 48.0 Å². The Morgan fingerprint density at radius 3 is 2.42 bits per heavy atom. The van der Waals surface area contributed by atoms with Crippen LogP contribution in [0.15, 0.2) is 52.5 Å². The van der Waals surface area contributed by atoms with Gasteiger partial charge in [-0.05, 0) is 54.7 Å². The average molecular weight is 473 g/mol. The van der Waals surface area contributed by atoms with Gasteiger partial charge in [-0.1, -0.05) is 0 Å². The summed E-state index contributed by atoms with van der Waals surface area (Å²) in [6.45, 7) is 0. The third-order valence-corrected chi connectivity index (χ3v) is 5.16. The maximum absolute atomic E-state index is 12.5. The van der Waals surface area contributed by atoms with E-state index in [1.807, 2.05) is 0 Å². The summed E-state index contributed by atoms with van der Waals surface area (Å²) in [7, 11) is -2.40. The number of fused-ring (bicyclic) bond motifs is 1. The summed E-state index contributed by atoms with van der Waals surface area (Å²) in [5.74, 6) is -1.07. The highest BCUT2D eigenvalue weighted by Gasteiger charge is 2.35. The molecule has 1 heterocycles. The molecule has 31 heavy (non-hydrogen) atoms. The van der Waals surface area contributed by atoms with Crippen LogP contribution < -0.4 is 25.5 Å². The van der Waals surface area contributed by atoms with Gasteiger partial charge in [0.1, 0.15) is 5.75 Å². The van der Waals surface area contributed by atoms with Gasteiger partial charge < -0.3 is 15.0 Å². The Morgan fingerprint density at radius 1 is 1.19 bits per heavy atom. The second-order valence-electron chi connectivity index (χ2n) is 6.19. The Hall–Kier alpha value is -3.23. The van der Waals surface area contributed by atoms with Crippen molar-refractivity contribution in [1.82, 2.24) is 5.43 Å². The second-order valence-corrected chi connectivity index (χ2v) is 8.16. The third-order valence-electron chi connectivity index (χ3n) is 4.04. The van der Waals surface area contributed by atoms with E-state index < -0.39 is 28.0 Å². The Kier molecular flexibility index (Phi) is 5.89. The molecule has 0 radical (unpaired) electrons. The smallest absolute Gasteiger partial charge is 0.406 e. The maximum Gasteiger partial charge on any atom is 0.573 e. The first-order chi connectivity index (χ1) is 14.3. The van der Waals surface area contributed by atoms with Gasteiger partial charge in [-0.25, -0.2) is 13.6 Å². The summed E-state index contributed by atoms with van der Waals surface area (Å²) >= 11 is 5.07. The number of nitrogens with one attached hydrogen (secondary N) is 2. The summed E-state index contributed by atoms with van der Waals surface area (Å²) in [4.78, 5) is 13.5. The number of hydrazone groups is 1. The number of hydrogen-bond acceptors (Lipinski definition) is 6. The molecule has 164 valence electrons. The molecule has 0 saturated heterocycles. The number of benzene rings is 2. The minimum Gasteiger partial charge on any atom is -0.406 e. The van der Waals surface area contributed by atoms with E-state index in [1.165, 1.54) is 42.3 Å². The van der Waals surface area contributed by atoms with Crippen LogP contribution in [-0.4, -0.2) is 38.6 Å². The lowest BCUT2D eigenvalue weighted by molar-refractivity contribution is -0.274. The van der Waals surface area contributed by atoms with E-state index in [9.17, 15) is 26.4 Å². The molecule has 9 nitrogen and oxygen atoms in total. The quantitative estimate of drug-likeness (QED) is 0.457. The highest BCUT2D eigenvalue weighted by molar-refractivity contribution is 7.89. The summed E-state index contributed by atoms with van der Waals surface area (Å²) in [6.07, 6.45) is -4.89. The molecule has 1 amide bonds. The number of halogens is 3. The first-order valence-electron chi connectivity index (χ1n) is 8.31. The van der Waals surface area contributed by atoms with E-state index in [1.54, 1.807) is 0 Å². The predicted octanol–water partition coefficient (Wildman–Crippen LogP) is 1.90. The van der Waals surface area contributed by atoms with E-state index >= 15 is 0 Å².